The third-order valence-electron chi connectivity index (χ3n) is 6.62. The summed E-state index contributed by atoms with van der Waals surface area (Å²) in [6, 6.07) is 25.3. The lowest BCUT2D eigenvalue weighted by atomic mass is 9.96. The van der Waals surface area contributed by atoms with Gasteiger partial charge in [-0.1, -0.05) is 66.7 Å². The molecule has 5 nitrogen and oxygen atoms in total. The zero-order chi connectivity index (χ0) is 25.1. The summed E-state index contributed by atoms with van der Waals surface area (Å²) in [5.74, 6) is 2.94. The molecule has 4 aromatic rings. The van der Waals surface area contributed by atoms with Crippen LogP contribution in [-0.4, -0.2) is 26.5 Å². The summed E-state index contributed by atoms with van der Waals surface area (Å²) in [6.45, 7) is 2.47. The minimum atomic E-state index is 0.0190. The molecule has 0 aliphatic carbocycles. The van der Waals surface area contributed by atoms with Gasteiger partial charge in [0.05, 0.1) is 26.5 Å². The van der Waals surface area contributed by atoms with E-state index in [1.54, 1.807) is 14.2 Å². The first-order valence-electron chi connectivity index (χ1n) is 12.1. The SMILES string of the molecule is COc1cc(OC)cc(N2CC(C(=O)c3ccccc3)=CCCc3c2oc(-c2ccccc2)c3C)c1. The van der Waals surface area contributed by atoms with E-state index in [2.05, 4.69) is 30.0 Å². The van der Waals surface area contributed by atoms with Crippen LogP contribution in [0.2, 0.25) is 0 Å². The molecule has 0 fully saturated rings. The Bertz CT molecular complexity index is 1380. The largest absolute Gasteiger partial charge is 0.497 e. The molecule has 0 amide bonds. The number of ketones is 1. The lowest BCUT2D eigenvalue weighted by molar-refractivity contribution is 0.103. The molecule has 5 heteroatoms. The molecule has 1 aliphatic heterocycles. The molecule has 0 spiro atoms. The van der Waals surface area contributed by atoms with Crippen molar-refractivity contribution in [2.75, 3.05) is 25.7 Å². The van der Waals surface area contributed by atoms with Crippen LogP contribution in [0.3, 0.4) is 0 Å². The number of methoxy groups -OCH3 is 2. The highest BCUT2D eigenvalue weighted by atomic mass is 16.5. The summed E-state index contributed by atoms with van der Waals surface area (Å²) in [4.78, 5) is 15.6. The first-order chi connectivity index (χ1) is 17.6. The number of fused-ring (bicyclic) bond motifs is 1. The molecule has 0 bridgehead atoms. The zero-order valence-corrected chi connectivity index (χ0v) is 20.8. The normalized spacial score (nSPS) is 13.3. The van der Waals surface area contributed by atoms with Gasteiger partial charge in [-0.3, -0.25) is 4.79 Å². The number of nitrogens with zero attached hydrogens (tertiary/aromatic N) is 1. The fourth-order valence-corrected chi connectivity index (χ4v) is 4.70. The van der Waals surface area contributed by atoms with Crippen molar-refractivity contribution in [2.45, 2.75) is 19.8 Å². The Morgan fingerprint density at radius 2 is 1.53 bits per heavy atom. The maximum absolute atomic E-state index is 13.5. The maximum atomic E-state index is 13.5. The van der Waals surface area contributed by atoms with Crippen LogP contribution in [0.25, 0.3) is 11.3 Å². The number of rotatable bonds is 6. The molecule has 0 radical (unpaired) electrons. The molecule has 0 saturated carbocycles. The van der Waals surface area contributed by atoms with Crippen molar-refractivity contribution < 1.29 is 18.7 Å². The van der Waals surface area contributed by atoms with Crippen molar-refractivity contribution in [1.29, 1.82) is 0 Å². The molecule has 0 N–H and O–H groups in total. The molecular weight excluding hydrogens is 450 g/mol. The molecule has 3 aromatic carbocycles. The van der Waals surface area contributed by atoms with E-state index in [0.717, 1.165) is 52.4 Å². The van der Waals surface area contributed by atoms with Crippen molar-refractivity contribution in [3.8, 4) is 22.8 Å². The van der Waals surface area contributed by atoms with Gasteiger partial charge in [-0.25, -0.2) is 0 Å². The lowest BCUT2D eigenvalue weighted by Crippen LogP contribution is -2.25. The summed E-state index contributed by atoms with van der Waals surface area (Å²) in [5.41, 5.74) is 5.51. The van der Waals surface area contributed by atoms with Gasteiger partial charge in [0, 0.05) is 46.0 Å². The molecule has 182 valence electrons. The monoisotopic (exact) mass is 479 g/mol. The number of benzene rings is 3. The third kappa shape index (κ3) is 4.52. The highest BCUT2D eigenvalue weighted by molar-refractivity contribution is 6.09. The predicted octanol–water partition coefficient (Wildman–Crippen LogP) is 7.17. The van der Waals surface area contributed by atoms with Gasteiger partial charge in [0.25, 0.3) is 0 Å². The second-order valence-corrected chi connectivity index (χ2v) is 8.83. The Kier molecular flexibility index (Phi) is 6.63. The number of hydrogen-bond donors (Lipinski definition) is 0. The summed E-state index contributed by atoms with van der Waals surface area (Å²) in [7, 11) is 3.26. The molecule has 36 heavy (non-hydrogen) atoms. The van der Waals surface area contributed by atoms with Crippen molar-refractivity contribution >= 4 is 17.4 Å². The van der Waals surface area contributed by atoms with Crippen LogP contribution in [0, 0.1) is 6.92 Å². The smallest absolute Gasteiger partial charge is 0.204 e. The van der Waals surface area contributed by atoms with E-state index in [1.165, 1.54) is 0 Å². The van der Waals surface area contributed by atoms with E-state index in [0.29, 0.717) is 23.6 Å². The summed E-state index contributed by atoms with van der Waals surface area (Å²) in [6.07, 6.45) is 3.59. The van der Waals surface area contributed by atoms with Crippen LogP contribution in [0.5, 0.6) is 11.5 Å². The van der Waals surface area contributed by atoms with E-state index in [1.807, 2.05) is 66.7 Å². The van der Waals surface area contributed by atoms with E-state index < -0.39 is 0 Å². The van der Waals surface area contributed by atoms with Crippen molar-refractivity contribution in [2.24, 2.45) is 0 Å². The number of ether oxygens (including phenoxy) is 2. The van der Waals surface area contributed by atoms with E-state index in [4.69, 9.17) is 13.9 Å². The Labute approximate surface area is 211 Å². The van der Waals surface area contributed by atoms with Crippen LogP contribution >= 0.6 is 0 Å². The van der Waals surface area contributed by atoms with E-state index in [-0.39, 0.29) is 5.78 Å². The van der Waals surface area contributed by atoms with Gasteiger partial charge in [-0.2, -0.15) is 0 Å². The molecule has 0 unspecified atom stereocenters. The minimum absolute atomic E-state index is 0.0190. The summed E-state index contributed by atoms with van der Waals surface area (Å²) >= 11 is 0. The molecule has 5 rings (SSSR count). The highest BCUT2D eigenvalue weighted by Gasteiger charge is 2.28. The van der Waals surface area contributed by atoms with E-state index in [9.17, 15) is 4.79 Å². The Morgan fingerprint density at radius 1 is 0.889 bits per heavy atom. The topological polar surface area (TPSA) is 51.9 Å². The zero-order valence-electron chi connectivity index (χ0n) is 20.8. The number of hydrogen-bond acceptors (Lipinski definition) is 5. The number of furan rings is 1. The highest BCUT2D eigenvalue weighted by Crippen LogP contribution is 2.42. The van der Waals surface area contributed by atoms with Gasteiger partial charge in [-0.15, -0.1) is 0 Å². The summed E-state index contributed by atoms with van der Waals surface area (Å²) < 4.78 is 17.7. The predicted molar refractivity (Wildman–Crippen MR) is 143 cm³/mol. The number of Topliss-reactive ketones (excluding diaryl/α,β-unsaturated/α-hetero) is 1. The fraction of sp³-hybridized carbons (Fsp3) is 0.194. The van der Waals surface area contributed by atoms with Gasteiger partial charge in [-0.05, 0) is 19.8 Å². The number of carbonyl (C=O) groups excluding carboxylic acids is 1. The summed E-state index contributed by atoms with van der Waals surface area (Å²) in [5, 5.41) is 0. The Balaban J connectivity index is 1.66. The van der Waals surface area contributed by atoms with Gasteiger partial charge < -0.3 is 18.8 Å². The number of anilines is 2. The van der Waals surface area contributed by atoms with Gasteiger partial charge in [0.2, 0.25) is 5.88 Å². The quantitative estimate of drug-likeness (QED) is 0.275. The maximum Gasteiger partial charge on any atom is 0.204 e. The lowest BCUT2D eigenvalue weighted by Gasteiger charge is -2.27. The first-order valence-corrected chi connectivity index (χ1v) is 12.1. The van der Waals surface area contributed by atoms with Gasteiger partial charge in [0.15, 0.2) is 5.78 Å². The first kappa shape index (κ1) is 23.5. The molecule has 1 aromatic heterocycles. The fourth-order valence-electron chi connectivity index (χ4n) is 4.70. The second kappa shape index (κ2) is 10.2. The Morgan fingerprint density at radius 3 is 2.17 bits per heavy atom. The average molecular weight is 480 g/mol. The van der Waals surface area contributed by atoms with Crippen molar-refractivity contribution in [3.05, 3.63) is 107 Å². The van der Waals surface area contributed by atoms with Crippen LogP contribution in [0.4, 0.5) is 11.6 Å². The molecule has 2 heterocycles. The second-order valence-electron chi connectivity index (χ2n) is 8.83. The van der Waals surface area contributed by atoms with Crippen molar-refractivity contribution in [1.82, 2.24) is 0 Å². The van der Waals surface area contributed by atoms with E-state index >= 15 is 0 Å². The number of allylic oxidation sites excluding steroid dienone is 1. The molecule has 0 saturated heterocycles. The average Bonchev–Trinajstić information content (AvgIpc) is 3.24. The molecule has 0 atom stereocenters. The van der Waals surface area contributed by atoms with Crippen LogP contribution < -0.4 is 14.4 Å². The molecule has 1 aliphatic rings. The number of carbonyl (C=O) groups is 1. The van der Waals surface area contributed by atoms with Crippen LogP contribution in [0.1, 0.15) is 27.9 Å². The third-order valence-corrected chi connectivity index (χ3v) is 6.62. The van der Waals surface area contributed by atoms with Gasteiger partial charge >= 0.3 is 0 Å². The van der Waals surface area contributed by atoms with Crippen molar-refractivity contribution in [3.63, 3.8) is 0 Å². The molecular formula is C31H29NO4. The Hall–Kier alpha value is -4.25. The standard InChI is InChI=1S/C31H29NO4/c1-21-28-16-10-15-24(29(33)22-11-6-4-7-12-22)20-32(25-17-26(34-2)19-27(18-25)35-3)31(28)36-30(21)23-13-8-5-9-14-23/h4-9,11-15,17-19H,10,16,20H2,1-3H3. The van der Waals surface area contributed by atoms with Crippen LogP contribution in [-0.2, 0) is 6.42 Å². The van der Waals surface area contributed by atoms with Gasteiger partial charge in [0.1, 0.15) is 17.3 Å². The van der Waals surface area contributed by atoms with Crippen LogP contribution in [0.15, 0.2) is 94.9 Å². The minimum Gasteiger partial charge on any atom is -0.497 e.